The maximum Gasteiger partial charge on any atom is 0.104 e. The average Bonchev–Trinajstić information content (AvgIpc) is 2.21. The first-order chi connectivity index (χ1) is 2.93. The van der Waals surface area contributed by atoms with Crippen LogP contribution < -0.4 is 0 Å². The molecule has 2 nitrogen and oxygen atoms in total. The summed E-state index contributed by atoms with van der Waals surface area (Å²) in [6.45, 7) is 1.66. The molecule has 0 N–H and O–H groups in total. The Bertz CT molecular complexity index is 45.0. The number of methoxy groups -OCH3 is 1. The molecule has 1 unspecified atom stereocenters. The molecule has 38 valence electrons. The van der Waals surface area contributed by atoms with E-state index in [1.807, 2.05) is 0 Å². The highest BCUT2D eigenvalue weighted by molar-refractivity contribution is 4.66. The van der Waals surface area contributed by atoms with E-state index in [9.17, 15) is 0 Å². The summed E-state index contributed by atoms with van der Waals surface area (Å²) in [6, 6.07) is 0. The maximum atomic E-state index is 4.82. The molecule has 1 heterocycles. The van der Waals surface area contributed by atoms with Crippen molar-refractivity contribution < 1.29 is 10.9 Å². The minimum absolute atomic E-state index is 0. The lowest BCUT2D eigenvalue weighted by atomic mass is 10.5. The number of epoxide rings is 1. The molecule has 0 aromatic heterocycles. The van der Waals surface area contributed by atoms with E-state index in [4.69, 9.17) is 9.47 Å². The van der Waals surface area contributed by atoms with Gasteiger partial charge in [0, 0.05) is 8.54 Å². The lowest BCUT2D eigenvalue weighted by Crippen LogP contribution is -1.94. The zero-order chi connectivity index (χ0) is 4.41. The summed E-state index contributed by atoms with van der Waals surface area (Å²) in [5, 5.41) is 0. The normalized spacial score (nSPS) is 30.5. The molecule has 1 fully saturated rings. The second-order valence-corrected chi connectivity index (χ2v) is 1.41. The van der Waals surface area contributed by atoms with Crippen molar-refractivity contribution in [3.05, 3.63) is 0 Å². The Hall–Kier alpha value is -0.0800. The van der Waals surface area contributed by atoms with E-state index in [-0.39, 0.29) is 1.43 Å². The van der Waals surface area contributed by atoms with E-state index < -0.39 is 0 Å². The summed E-state index contributed by atoms with van der Waals surface area (Å²) in [6.07, 6.45) is 0.426. The van der Waals surface area contributed by atoms with Crippen LogP contribution in [0.15, 0.2) is 0 Å². The van der Waals surface area contributed by atoms with Gasteiger partial charge in [0.15, 0.2) is 0 Å². The van der Waals surface area contributed by atoms with E-state index in [1.54, 1.807) is 7.11 Å². The summed E-state index contributed by atoms with van der Waals surface area (Å²) in [5.74, 6) is 0. The summed E-state index contributed by atoms with van der Waals surface area (Å²) < 4.78 is 9.56. The van der Waals surface area contributed by atoms with Crippen LogP contribution in [0.5, 0.6) is 0 Å². The summed E-state index contributed by atoms with van der Waals surface area (Å²) in [4.78, 5) is 0. The molecular formula is C4H10O2. The number of ether oxygens (including phenoxy) is 2. The first-order valence-electron chi connectivity index (χ1n) is 2.04. The van der Waals surface area contributed by atoms with Gasteiger partial charge in [-0.1, -0.05) is 0 Å². The van der Waals surface area contributed by atoms with E-state index in [1.165, 1.54) is 0 Å². The Morgan fingerprint density at radius 2 is 2.83 bits per heavy atom. The van der Waals surface area contributed by atoms with Crippen molar-refractivity contribution in [2.45, 2.75) is 6.10 Å². The topological polar surface area (TPSA) is 21.8 Å². The zero-order valence-corrected chi connectivity index (χ0v) is 3.81. The van der Waals surface area contributed by atoms with Crippen molar-refractivity contribution in [3.63, 3.8) is 0 Å². The van der Waals surface area contributed by atoms with Gasteiger partial charge in [-0.15, -0.1) is 0 Å². The second-order valence-electron chi connectivity index (χ2n) is 1.41. The van der Waals surface area contributed by atoms with Crippen LogP contribution in [-0.2, 0) is 9.47 Å². The monoisotopic (exact) mass is 90.1 g/mol. The van der Waals surface area contributed by atoms with Crippen LogP contribution in [0.1, 0.15) is 1.43 Å². The van der Waals surface area contributed by atoms with Gasteiger partial charge in [-0.05, 0) is 0 Å². The molecule has 0 radical (unpaired) electrons. The predicted octanol–water partition coefficient (Wildman–Crippen LogP) is 0.278. The van der Waals surface area contributed by atoms with Crippen molar-refractivity contribution in [3.8, 4) is 0 Å². The fourth-order valence-electron chi connectivity index (χ4n) is 0.350. The average molecular weight is 90.1 g/mol. The lowest BCUT2D eigenvalue weighted by Gasteiger charge is -1.84. The third kappa shape index (κ3) is 0.954. The first-order valence-corrected chi connectivity index (χ1v) is 2.04. The van der Waals surface area contributed by atoms with Gasteiger partial charge in [0.25, 0.3) is 0 Å². The van der Waals surface area contributed by atoms with Gasteiger partial charge in [-0.2, -0.15) is 0 Å². The zero-order valence-electron chi connectivity index (χ0n) is 3.81. The van der Waals surface area contributed by atoms with E-state index >= 15 is 0 Å². The number of hydrogen-bond acceptors (Lipinski definition) is 2. The quantitative estimate of drug-likeness (QED) is 0.454. The smallest absolute Gasteiger partial charge is 0.104 e. The highest BCUT2D eigenvalue weighted by Gasteiger charge is 2.21. The molecule has 0 aromatic carbocycles. The molecule has 0 aliphatic carbocycles. The summed E-state index contributed by atoms with van der Waals surface area (Å²) >= 11 is 0. The molecule has 1 atom stereocenters. The standard InChI is InChI=1S/C4H8O2.H2/c1-5-2-4-3-6-4;/h4H,2-3H2,1H3;1H. The number of rotatable bonds is 2. The third-order valence-corrected chi connectivity index (χ3v) is 0.755. The number of hydrogen-bond donors (Lipinski definition) is 0. The van der Waals surface area contributed by atoms with E-state index in [0.717, 1.165) is 13.2 Å². The van der Waals surface area contributed by atoms with Gasteiger partial charge in [0.05, 0.1) is 13.2 Å². The lowest BCUT2D eigenvalue weighted by molar-refractivity contribution is 0.171. The van der Waals surface area contributed by atoms with Gasteiger partial charge >= 0.3 is 0 Å². The van der Waals surface area contributed by atoms with Gasteiger partial charge in [-0.25, -0.2) is 0 Å². The molecule has 1 aliphatic heterocycles. The Kier molecular flexibility index (Phi) is 1.08. The van der Waals surface area contributed by atoms with Gasteiger partial charge in [-0.3, -0.25) is 0 Å². The van der Waals surface area contributed by atoms with Crippen molar-refractivity contribution in [2.24, 2.45) is 0 Å². The minimum Gasteiger partial charge on any atom is -0.382 e. The van der Waals surface area contributed by atoms with Crippen LogP contribution in [0.4, 0.5) is 0 Å². The third-order valence-electron chi connectivity index (χ3n) is 0.755. The molecule has 2 heteroatoms. The van der Waals surface area contributed by atoms with E-state index in [0.29, 0.717) is 6.10 Å². The molecule has 0 aromatic rings. The molecule has 1 aliphatic rings. The summed E-state index contributed by atoms with van der Waals surface area (Å²) in [5.41, 5.74) is 0. The summed E-state index contributed by atoms with van der Waals surface area (Å²) in [7, 11) is 1.68. The van der Waals surface area contributed by atoms with Crippen LogP contribution in [0.2, 0.25) is 0 Å². The van der Waals surface area contributed by atoms with Crippen molar-refractivity contribution in [2.75, 3.05) is 20.3 Å². The van der Waals surface area contributed by atoms with Crippen LogP contribution in [0.3, 0.4) is 0 Å². The van der Waals surface area contributed by atoms with Crippen LogP contribution in [-0.4, -0.2) is 26.4 Å². The molecule has 1 rings (SSSR count). The van der Waals surface area contributed by atoms with Crippen molar-refractivity contribution in [1.29, 1.82) is 0 Å². The Labute approximate surface area is 38.5 Å². The van der Waals surface area contributed by atoms with Gasteiger partial charge in [0.2, 0.25) is 0 Å². The molecule has 0 bridgehead atoms. The SMILES string of the molecule is COCC1CO1.[HH]. The largest absolute Gasteiger partial charge is 0.382 e. The van der Waals surface area contributed by atoms with Crippen molar-refractivity contribution >= 4 is 0 Å². The van der Waals surface area contributed by atoms with Crippen LogP contribution in [0.25, 0.3) is 0 Å². The fraction of sp³-hybridized carbons (Fsp3) is 1.00. The molecular weight excluding hydrogens is 80.0 g/mol. The minimum atomic E-state index is 0. The fourth-order valence-corrected chi connectivity index (χ4v) is 0.350. The Morgan fingerprint density at radius 3 is 3.00 bits per heavy atom. The van der Waals surface area contributed by atoms with E-state index in [2.05, 4.69) is 0 Å². The predicted molar refractivity (Wildman–Crippen MR) is 23.7 cm³/mol. The highest BCUT2D eigenvalue weighted by atomic mass is 16.6. The molecule has 1 saturated heterocycles. The first kappa shape index (κ1) is 4.09. The molecule has 0 saturated carbocycles. The van der Waals surface area contributed by atoms with Crippen LogP contribution in [0, 0.1) is 0 Å². The van der Waals surface area contributed by atoms with Gasteiger partial charge in [0.1, 0.15) is 6.10 Å². The molecule has 6 heavy (non-hydrogen) atoms. The molecule has 0 amide bonds. The van der Waals surface area contributed by atoms with Crippen LogP contribution >= 0.6 is 0 Å². The Balaban J connectivity index is 0.000000360. The Morgan fingerprint density at radius 1 is 2.17 bits per heavy atom. The highest BCUT2D eigenvalue weighted by Crippen LogP contribution is 2.06. The maximum absolute atomic E-state index is 4.82. The van der Waals surface area contributed by atoms with Crippen molar-refractivity contribution in [1.82, 2.24) is 0 Å². The molecule has 0 spiro atoms. The second kappa shape index (κ2) is 1.58. The van der Waals surface area contributed by atoms with Gasteiger partial charge < -0.3 is 9.47 Å².